The molecule has 1 aromatic carbocycles. The molecule has 0 unspecified atom stereocenters. The zero-order chi connectivity index (χ0) is 11.1. The smallest absolute Gasteiger partial charge is 0.0357 e. The average Bonchev–Trinajstić information content (AvgIpc) is 2.42. The van der Waals surface area contributed by atoms with E-state index in [4.69, 9.17) is 0 Å². The molecule has 0 saturated heterocycles. The van der Waals surface area contributed by atoms with Crippen molar-refractivity contribution in [1.29, 1.82) is 0 Å². The van der Waals surface area contributed by atoms with Crippen LogP contribution in [0.3, 0.4) is 0 Å². The van der Waals surface area contributed by atoms with Gasteiger partial charge in [0.05, 0.1) is 0 Å². The van der Waals surface area contributed by atoms with Crippen LogP contribution in [0.4, 0.5) is 0 Å². The molecule has 2 heterocycles. The van der Waals surface area contributed by atoms with Gasteiger partial charge in [0.15, 0.2) is 0 Å². The fourth-order valence-electron chi connectivity index (χ4n) is 1.19. The van der Waals surface area contributed by atoms with Gasteiger partial charge in [-0.1, -0.05) is 24.3 Å². The van der Waals surface area contributed by atoms with E-state index in [2.05, 4.69) is 33.7 Å². The van der Waals surface area contributed by atoms with Gasteiger partial charge < -0.3 is 9.44 Å². The number of benzene rings is 1. The molecule has 4 heteroatoms. The van der Waals surface area contributed by atoms with Crippen LogP contribution in [-0.2, 0) is 0 Å². The SMILES string of the molecule is C1=CNSC=C1.C1=Cc2ccccc2SN1. The maximum atomic E-state index is 3.08. The highest BCUT2D eigenvalue weighted by Crippen LogP contribution is 2.23. The van der Waals surface area contributed by atoms with Gasteiger partial charge in [-0.2, -0.15) is 0 Å². The van der Waals surface area contributed by atoms with Gasteiger partial charge in [0.25, 0.3) is 0 Å². The molecule has 2 nitrogen and oxygen atoms in total. The van der Waals surface area contributed by atoms with Gasteiger partial charge in [-0.25, -0.2) is 0 Å². The Morgan fingerprint density at radius 1 is 0.938 bits per heavy atom. The molecule has 0 fully saturated rings. The van der Waals surface area contributed by atoms with Crippen LogP contribution in [-0.4, -0.2) is 0 Å². The zero-order valence-electron chi connectivity index (χ0n) is 8.59. The molecule has 0 saturated carbocycles. The normalized spacial score (nSPS) is 15.2. The maximum Gasteiger partial charge on any atom is 0.0357 e. The maximum absolute atomic E-state index is 3.08. The topological polar surface area (TPSA) is 24.1 Å². The van der Waals surface area contributed by atoms with E-state index >= 15 is 0 Å². The molecule has 0 atom stereocenters. The highest BCUT2D eigenvalue weighted by molar-refractivity contribution is 8.00. The first kappa shape index (κ1) is 11.2. The molecule has 2 N–H and O–H groups in total. The van der Waals surface area contributed by atoms with E-state index in [0.717, 1.165) is 0 Å². The molecule has 2 aliphatic rings. The fraction of sp³-hybridized carbons (Fsp3) is 0. The van der Waals surface area contributed by atoms with Crippen LogP contribution in [0, 0.1) is 0 Å². The van der Waals surface area contributed by atoms with Crippen molar-refractivity contribution in [3.8, 4) is 0 Å². The highest BCUT2D eigenvalue weighted by atomic mass is 32.2. The van der Waals surface area contributed by atoms with E-state index in [1.54, 1.807) is 23.9 Å². The third-order valence-corrected chi connectivity index (χ3v) is 3.32. The Hall–Kier alpha value is -1.26. The minimum Gasteiger partial charge on any atom is -0.333 e. The number of allylic oxidation sites excluding steroid dienone is 2. The van der Waals surface area contributed by atoms with Crippen molar-refractivity contribution < 1.29 is 0 Å². The summed E-state index contributed by atoms with van der Waals surface area (Å²) in [7, 11) is 0. The number of hydrogen-bond acceptors (Lipinski definition) is 4. The fourth-order valence-corrected chi connectivity index (χ4v) is 2.26. The predicted octanol–water partition coefficient (Wildman–Crippen LogP) is 3.53. The first-order chi connectivity index (χ1) is 7.97. The van der Waals surface area contributed by atoms with Crippen LogP contribution in [0.2, 0.25) is 0 Å². The molecule has 16 heavy (non-hydrogen) atoms. The highest BCUT2D eigenvalue weighted by Gasteiger charge is 2.00. The van der Waals surface area contributed by atoms with E-state index in [1.807, 2.05) is 36.0 Å². The lowest BCUT2D eigenvalue weighted by Crippen LogP contribution is -1.96. The van der Waals surface area contributed by atoms with E-state index in [1.165, 1.54) is 10.5 Å². The number of nitrogens with one attached hydrogen (secondary N) is 2. The van der Waals surface area contributed by atoms with Gasteiger partial charge in [0, 0.05) is 17.3 Å². The van der Waals surface area contributed by atoms with Crippen molar-refractivity contribution in [2.24, 2.45) is 0 Å². The van der Waals surface area contributed by atoms with Crippen LogP contribution in [0.15, 0.2) is 59.1 Å². The summed E-state index contributed by atoms with van der Waals surface area (Å²) in [6, 6.07) is 8.32. The van der Waals surface area contributed by atoms with E-state index in [9.17, 15) is 0 Å². The molecule has 0 aromatic heterocycles. The summed E-state index contributed by atoms with van der Waals surface area (Å²) in [5.41, 5.74) is 1.30. The largest absolute Gasteiger partial charge is 0.333 e. The summed E-state index contributed by atoms with van der Waals surface area (Å²) in [6.45, 7) is 0. The molecule has 3 rings (SSSR count). The van der Waals surface area contributed by atoms with Gasteiger partial charge in [-0.3, -0.25) is 0 Å². The van der Waals surface area contributed by atoms with Crippen molar-refractivity contribution in [2.45, 2.75) is 4.90 Å². The lowest BCUT2D eigenvalue weighted by molar-refractivity contribution is 1.32. The van der Waals surface area contributed by atoms with Gasteiger partial charge in [0.2, 0.25) is 0 Å². The molecule has 0 spiro atoms. The van der Waals surface area contributed by atoms with Crippen molar-refractivity contribution in [3.05, 3.63) is 59.8 Å². The summed E-state index contributed by atoms with van der Waals surface area (Å²) in [5.74, 6) is 0. The molecule has 1 aromatic rings. The summed E-state index contributed by atoms with van der Waals surface area (Å²) >= 11 is 3.23. The summed E-state index contributed by atoms with van der Waals surface area (Å²) in [4.78, 5) is 1.30. The van der Waals surface area contributed by atoms with Crippen LogP contribution < -0.4 is 9.44 Å². The Labute approximate surface area is 104 Å². The molecular weight excluding hydrogens is 236 g/mol. The van der Waals surface area contributed by atoms with Gasteiger partial charge in [0.1, 0.15) is 0 Å². The third-order valence-electron chi connectivity index (χ3n) is 1.91. The summed E-state index contributed by atoms with van der Waals surface area (Å²) < 4.78 is 6.01. The molecular formula is C12H12N2S2. The lowest BCUT2D eigenvalue weighted by Gasteiger charge is -2.08. The van der Waals surface area contributed by atoms with Crippen LogP contribution in [0.5, 0.6) is 0 Å². The Balaban J connectivity index is 0.000000138. The Kier molecular flexibility index (Phi) is 4.46. The Morgan fingerprint density at radius 2 is 1.88 bits per heavy atom. The van der Waals surface area contributed by atoms with E-state index in [-0.39, 0.29) is 0 Å². The first-order valence-electron chi connectivity index (χ1n) is 4.87. The average molecular weight is 248 g/mol. The molecule has 0 bridgehead atoms. The van der Waals surface area contributed by atoms with Crippen LogP contribution >= 0.6 is 23.9 Å². The van der Waals surface area contributed by atoms with Gasteiger partial charge in [-0.15, -0.1) is 0 Å². The standard InChI is InChI=1S/C8H7NS.C4H5NS/c1-2-4-8-7(3-1)5-6-9-10-8;1-2-4-6-5-3-1/h1-6,9H;1-5H. The second kappa shape index (κ2) is 6.35. The van der Waals surface area contributed by atoms with E-state index < -0.39 is 0 Å². The number of fused-ring (bicyclic) bond motifs is 1. The monoisotopic (exact) mass is 248 g/mol. The van der Waals surface area contributed by atoms with Crippen LogP contribution in [0.25, 0.3) is 6.08 Å². The summed E-state index contributed by atoms with van der Waals surface area (Å²) in [6.07, 6.45) is 9.86. The van der Waals surface area contributed by atoms with Crippen LogP contribution in [0.1, 0.15) is 5.56 Å². The quantitative estimate of drug-likeness (QED) is 0.686. The van der Waals surface area contributed by atoms with Crippen molar-refractivity contribution in [1.82, 2.24) is 9.44 Å². The van der Waals surface area contributed by atoms with E-state index in [0.29, 0.717) is 0 Å². The van der Waals surface area contributed by atoms with Crippen molar-refractivity contribution in [3.63, 3.8) is 0 Å². The molecule has 0 radical (unpaired) electrons. The second-order valence-electron chi connectivity index (χ2n) is 3.01. The zero-order valence-corrected chi connectivity index (χ0v) is 10.2. The molecule has 82 valence electrons. The molecule has 0 amide bonds. The van der Waals surface area contributed by atoms with Crippen molar-refractivity contribution >= 4 is 30.0 Å². The third kappa shape index (κ3) is 3.40. The Bertz CT molecular complexity index is 413. The van der Waals surface area contributed by atoms with Gasteiger partial charge >= 0.3 is 0 Å². The Morgan fingerprint density at radius 3 is 2.50 bits per heavy atom. The number of hydrogen-bond donors (Lipinski definition) is 2. The van der Waals surface area contributed by atoms with Gasteiger partial charge in [-0.05, 0) is 53.1 Å². The predicted molar refractivity (Wildman–Crippen MR) is 73.5 cm³/mol. The van der Waals surface area contributed by atoms with Crippen molar-refractivity contribution in [2.75, 3.05) is 0 Å². The first-order valence-corrected chi connectivity index (χ1v) is 6.57. The minimum absolute atomic E-state index is 1.30. The molecule has 2 aliphatic heterocycles. The number of rotatable bonds is 0. The minimum atomic E-state index is 1.30. The lowest BCUT2D eigenvalue weighted by atomic mass is 10.2. The molecule has 0 aliphatic carbocycles. The second-order valence-corrected chi connectivity index (χ2v) is 4.64. The summed E-state index contributed by atoms with van der Waals surface area (Å²) in [5, 5.41) is 1.99.